The Bertz CT molecular complexity index is 1690. The molecule has 1 N–H and O–H groups in total. The molecule has 1 atom stereocenters. The summed E-state index contributed by atoms with van der Waals surface area (Å²) in [6, 6.07) is 47.6. The molecule has 0 saturated heterocycles. The van der Waals surface area contributed by atoms with Crippen LogP contribution < -0.4 is 4.90 Å². The zero-order valence-corrected chi connectivity index (χ0v) is 24.7. The van der Waals surface area contributed by atoms with Crippen LogP contribution in [0.4, 0.5) is 17.2 Å². The maximum Gasteiger partial charge on any atom is 0.136 e. The molecule has 1 unspecified atom stereocenters. The number of benzene rings is 4. The van der Waals surface area contributed by atoms with Crippen molar-refractivity contribution in [1.29, 1.82) is 0 Å². The van der Waals surface area contributed by atoms with E-state index in [2.05, 4.69) is 47.1 Å². The molecule has 0 aliphatic heterocycles. The van der Waals surface area contributed by atoms with E-state index in [0.29, 0.717) is 11.3 Å². The van der Waals surface area contributed by atoms with Crippen molar-refractivity contribution in [2.45, 2.75) is 12.8 Å². The second-order valence-electron chi connectivity index (χ2n) is 9.59. The van der Waals surface area contributed by atoms with Crippen LogP contribution in [0.2, 0.25) is 0 Å². The first kappa shape index (κ1) is 28.0. The standard InChI is InChI=1S/C36H28N3O.Pt/c1-26(27-13-4-2-5-14-27)31-19-11-20-32(36(31)40)34-22-12-21-33(38-34)28-15-10-18-30(25-28)39(29-16-6-3-7-17-29)35-23-8-9-24-37-35;/h2-24,26,40H,1H3;/q-1;. The Kier molecular flexibility index (Phi) is 8.72. The predicted molar refractivity (Wildman–Crippen MR) is 162 cm³/mol. The molecule has 0 saturated carbocycles. The molecule has 0 aliphatic carbocycles. The van der Waals surface area contributed by atoms with E-state index in [0.717, 1.165) is 39.6 Å². The van der Waals surface area contributed by atoms with Gasteiger partial charge >= 0.3 is 0 Å². The molecule has 4 aromatic carbocycles. The van der Waals surface area contributed by atoms with Gasteiger partial charge in [-0.1, -0.05) is 85.8 Å². The summed E-state index contributed by atoms with van der Waals surface area (Å²) in [5.41, 5.74) is 6.91. The number of hydrogen-bond acceptors (Lipinski definition) is 4. The third-order valence-electron chi connectivity index (χ3n) is 7.05. The first-order chi connectivity index (χ1) is 19.7. The molecule has 0 aliphatic rings. The second kappa shape index (κ2) is 12.8. The molecule has 204 valence electrons. The zero-order valence-electron chi connectivity index (χ0n) is 22.5. The molecule has 2 heterocycles. The molecule has 2 aromatic heterocycles. The average Bonchev–Trinajstić information content (AvgIpc) is 3.03. The maximum absolute atomic E-state index is 11.3. The average molecular weight is 714 g/mol. The Balaban J connectivity index is 0.00000337. The van der Waals surface area contributed by atoms with Crippen molar-refractivity contribution in [3.8, 4) is 28.3 Å². The van der Waals surface area contributed by atoms with Crippen molar-refractivity contribution in [3.05, 3.63) is 157 Å². The summed E-state index contributed by atoms with van der Waals surface area (Å²) in [6.07, 6.45) is 1.79. The van der Waals surface area contributed by atoms with Crippen LogP contribution in [0.3, 0.4) is 0 Å². The van der Waals surface area contributed by atoms with Crippen molar-refractivity contribution < 1.29 is 26.2 Å². The van der Waals surface area contributed by atoms with Gasteiger partial charge in [0.15, 0.2) is 0 Å². The van der Waals surface area contributed by atoms with Gasteiger partial charge in [0.05, 0.1) is 5.69 Å². The minimum atomic E-state index is 0. The molecule has 41 heavy (non-hydrogen) atoms. The van der Waals surface area contributed by atoms with E-state index in [1.54, 1.807) is 6.20 Å². The number of aromatic nitrogens is 2. The smallest absolute Gasteiger partial charge is 0.136 e. The molecule has 4 nitrogen and oxygen atoms in total. The van der Waals surface area contributed by atoms with Gasteiger partial charge < -0.3 is 10.0 Å². The molecular weight excluding hydrogens is 685 g/mol. The van der Waals surface area contributed by atoms with Gasteiger partial charge in [-0.15, -0.1) is 29.8 Å². The fourth-order valence-corrected chi connectivity index (χ4v) is 4.97. The summed E-state index contributed by atoms with van der Waals surface area (Å²) in [7, 11) is 0. The van der Waals surface area contributed by atoms with Crippen molar-refractivity contribution in [2.24, 2.45) is 0 Å². The number of hydrogen-bond donors (Lipinski definition) is 1. The summed E-state index contributed by atoms with van der Waals surface area (Å²) in [5.74, 6) is 1.11. The Hall–Kier alpha value is -4.53. The Morgan fingerprint density at radius 1 is 0.683 bits per heavy atom. The molecule has 0 bridgehead atoms. The SMILES string of the molecule is CC(c1ccccc1)c1cccc(-c2cccc(-c3[c-]c(N(c4ccccc4)c4ccccn4)ccc3)n2)c1O.[Pt]. The van der Waals surface area contributed by atoms with Gasteiger partial charge in [0.1, 0.15) is 11.6 Å². The molecule has 0 radical (unpaired) electrons. The number of pyridine rings is 2. The van der Waals surface area contributed by atoms with Gasteiger partial charge in [-0.2, -0.15) is 0 Å². The summed E-state index contributed by atoms with van der Waals surface area (Å²) in [4.78, 5) is 11.6. The van der Waals surface area contributed by atoms with Crippen molar-refractivity contribution in [1.82, 2.24) is 9.97 Å². The third-order valence-corrected chi connectivity index (χ3v) is 7.05. The Morgan fingerprint density at radius 3 is 2.12 bits per heavy atom. The molecule has 5 heteroatoms. The second-order valence-corrected chi connectivity index (χ2v) is 9.59. The molecule has 0 amide bonds. The minimum absolute atomic E-state index is 0. The first-order valence-electron chi connectivity index (χ1n) is 13.3. The summed E-state index contributed by atoms with van der Waals surface area (Å²) >= 11 is 0. The molecule has 0 fully saturated rings. The van der Waals surface area contributed by atoms with Crippen molar-refractivity contribution >= 4 is 17.2 Å². The Morgan fingerprint density at radius 2 is 1.37 bits per heavy atom. The molecule has 0 spiro atoms. The van der Waals surface area contributed by atoms with Gasteiger partial charge in [-0.25, -0.2) is 4.98 Å². The van der Waals surface area contributed by atoms with Crippen molar-refractivity contribution in [3.63, 3.8) is 0 Å². The minimum Gasteiger partial charge on any atom is -0.507 e. The fraction of sp³-hybridized carbons (Fsp3) is 0.0556. The van der Waals surface area contributed by atoms with Crippen LogP contribution in [0.15, 0.2) is 140 Å². The van der Waals surface area contributed by atoms with Crippen molar-refractivity contribution in [2.75, 3.05) is 4.90 Å². The van der Waals surface area contributed by atoms with E-state index in [4.69, 9.17) is 4.98 Å². The van der Waals surface area contributed by atoms with Crippen LogP contribution in [0, 0.1) is 6.07 Å². The summed E-state index contributed by atoms with van der Waals surface area (Å²) < 4.78 is 0. The number of phenolic OH excluding ortho intramolecular Hbond substituents is 1. The van der Waals surface area contributed by atoms with E-state index in [9.17, 15) is 5.11 Å². The largest absolute Gasteiger partial charge is 0.507 e. The number of aromatic hydroxyl groups is 1. The number of anilines is 3. The van der Waals surface area contributed by atoms with Crippen LogP contribution in [-0.4, -0.2) is 15.1 Å². The third kappa shape index (κ3) is 5.99. The van der Waals surface area contributed by atoms with E-state index < -0.39 is 0 Å². The quantitative estimate of drug-likeness (QED) is 0.168. The Labute approximate surface area is 255 Å². The predicted octanol–water partition coefficient (Wildman–Crippen LogP) is 8.94. The molecule has 6 aromatic rings. The molecular formula is C36H28N3OPt-. The van der Waals surface area contributed by atoms with Gasteiger partial charge in [0, 0.05) is 50.0 Å². The molecule has 6 rings (SSSR count). The van der Waals surface area contributed by atoms with Gasteiger partial charge in [0.25, 0.3) is 0 Å². The fourth-order valence-electron chi connectivity index (χ4n) is 4.97. The van der Waals surface area contributed by atoms with Gasteiger partial charge in [-0.05, 0) is 53.3 Å². The number of rotatable bonds is 7. The van der Waals surface area contributed by atoms with Crippen LogP contribution in [0.1, 0.15) is 24.0 Å². The van der Waals surface area contributed by atoms with Crippen LogP contribution in [0.25, 0.3) is 22.5 Å². The monoisotopic (exact) mass is 713 g/mol. The van der Waals surface area contributed by atoms with Crippen LogP contribution in [-0.2, 0) is 21.1 Å². The van der Waals surface area contributed by atoms with E-state index in [-0.39, 0.29) is 32.7 Å². The zero-order chi connectivity index (χ0) is 27.3. The van der Waals surface area contributed by atoms with E-state index >= 15 is 0 Å². The van der Waals surface area contributed by atoms with Crippen LogP contribution in [0.5, 0.6) is 5.75 Å². The van der Waals surface area contributed by atoms with E-state index in [1.165, 1.54) is 0 Å². The first-order valence-corrected chi connectivity index (χ1v) is 13.3. The number of phenols is 1. The number of para-hydroxylation sites is 2. The number of nitrogens with zero attached hydrogens (tertiary/aromatic N) is 3. The summed E-state index contributed by atoms with van der Waals surface area (Å²) in [6.45, 7) is 2.11. The van der Waals surface area contributed by atoms with Crippen LogP contribution >= 0.6 is 0 Å². The topological polar surface area (TPSA) is 49.2 Å². The van der Waals surface area contributed by atoms with E-state index in [1.807, 2.05) is 109 Å². The maximum atomic E-state index is 11.3. The normalized spacial score (nSPS) is 11.3. The van der Waals surface area contributed by atoms with Gasteiger partial charge in [0.2, 0.25) is 0 Å². The summed E-state index contributed by atoms with van der Waals surface area (Å²) in [5, 5.41) is 11.3. The van der Waals surface area contributed by atoms with Gasteiger partial charge in [-0.3, -0.25) is 4.98 Å².